The number of carbonyl (C=O) groups excluding carboxylic acids is 2. The molecule has 0 unspecified atom stereocenters. The second-order valence-electron chi connectivity index (χ2n) is 7.03. The molecule has 0 N–H and O–H groups in total. The number of hydrogen-bond acceptors (Lipinski definition) is 7. The molecule has 2 aromatic carbocycles. The molecule has 0 spiro atoms. The quantitative estimate of drug-likeness (QED) is 0.245. The molecule has 34 heavy (non-hydrogen) atoms. The van der Waals surface area contributed by atoms with Gasteiger partial charge >= 0.3 is 5.97 Å². The van der Waals surface area contributed by atoms with E-state index < -0.39 is 5.91 Å². The maximum Gasteiger partial charge on any atom is 0.338 e. The maximum absolute atomic E-state index is 12.7. The molecule has 0 aliphatic carbocycles. The van der Waals surface area contributed by atoms with E-state index in [4.69, 9.17) is 18.9 Å². The second kappa shape index (κ2) is 12.2. The molecule has 9 heteroatoms. The highest BCUT2D eigenvalue weighted by Crippen LogP contribution is 2.28. The standard InChI is InChI=1S/C25H28N2O6S/c1-5-32-14-13-27-19-10-9-18(24(29)33-6-2)16-22(19)34-25(27)26-23(28)12-8-17-7-11-20(30-3)21(15-17)31-4/h7-12,15-16H,5-6,13-14H2,1-4H3/b12-8-,26-25?. The van der Waals surface area contributed by atoms with Gasteiger partial charge in [-0.3, -0.25) is 4.79 Å². The lowest BCUT2D eigenvalue weighted by molar-refractivity contribution is -0.113. The third-order valence-corrected chi connectivity index (χ3v) is 5.93. The molecule has 0 saturated carbocycles. The molecule has 1 heterocycles. The number of amides is 1. The zero-order valence-corrected chi connectivity index (χ0v) is 20.5. The van der Waals surface area contributed by atoms with Gasteiger partial charge in [0.05, 0.1) is 43.2 Å². The van der Waals surface area contributed by atoms with E-state index >= 15 is 0 Å². The van der Waals surface area contributed by atoms with Crippen molar-refractivity contribution in [1.29, 1.82) is 0 Å². The van der Waals surface area contributed by atoms with Crippen LogP contribution in [0.3, 0.4) is 0 Å². The summed E-state index contributed by atoms with van der Waals surface area (Å²) in [5, 5.41) is 0. The molecular formula is C25H28N2O6S. The number of rotatable bonds is 10. The molecular weight excluding hydrogens is 456 g/mol. The van der Waals surface area contributed by atoms with Crippen molar-refractivity contribution in [3.8, 4) is 11.5 Å². The Morgan fingerprint density at radius 2 is 1.82 bits per heavy atom. The van der Waals surface area contributed by atoms with Crippen LogP contribution in [0, 0.1) is 0 Å². The molecule has 0 atom stereocenters. The Balaban J connectivity index is 1.94. The zero-order valence-electron chi connectivity index (χ0n) is 19.7. The summed E-state index contributed by atoms with van der Waals surface area (Å²) >= 11 is 1.33. The van der Waals surface area contributed by atoms with Crippen LogP contribution in [-0.2, 0) is 20.8 Å². The monoisotopic (exact) mass is 484 g/mol. The van der Waals surface area contributed by atoms with Crippen molar-refractivity contribution in [3.63, 3.8) is 0 Å². The Morgan fingerprint density at radius 1 is 1.03 bits per heavy atom. The summed E-state index contributed by atoms with van der Waals surface area (Å²) in [6.07, 6.45) is 3.08. The van der Waals surface area contributed by atoms with E-state index in [1.165, 1.54) is 17.4 Å². The van der Waals surface area contributed by atoms with Crippen molar-refractivity contribution in [2.45, 2.75) is 20.4 Å². The lowest BCUT2D eigenvalue weighted by Crippen LogP contribution is -2.19. The summed E-state index contributed by atoms with van der Waals surface area (Å²) in [7, 11) is 3.12. The van der Waals surface area contributed by atoms with Gasteiger partial charge in [0, 0.05) is 19.2 Å². The summed E-state index contributed by atoms with van der Waals surface area (Å²) in [6.45, 7) is 5.59. The second-order valence-corrected chi connectivity index (χ2v) is 8.04. The van der Waals surface area contributed by atoms with Gasteiger partial charge in [-0.2, -0.15) is 4.99 Å². The van der Waals surface area contributed by atoms with Gasteiger partial charge in [0.15, 0.2) is 16.3 Å². The topological polar surface area (TPSA) is 88.4 Å². The summed E-state index contributed by atoms with van der Waals surface area (Å²) in [6, 6.07) is 10.7. The Labute approximate surface area is 202 Å². The van der Waals surface area contributed by atoms with E-state index in [2.05, 4.69) is 4.99 Å². The highest BCUT2D eigenvalue weighted by Gasteiger charge is 2.12. The molecule has 0 aliphatic heterocycles. The van der Waals surface area contributed by atoms with Crippen molar-refractivity contribution < 1.29 is 28.5 Å². The Kier molecular flexibility index (Phi) is 9.00. The third-order valence-electron chi connectivity index (χ3n) is 4.89. The minimum Gasteiger partial charge on any atom is -0.493 e. The molecule has 180 valence electrons. The van der Waals surface area contributed by atoms with Gasteiger partial charge in [-0.25, -0.2) is 4.79 Å². The van der Waals surface area contributed by atoms with E-state index in [1.807, 2.05) is 23.6 Å². The largest absolute Gasteiger partial charge is 0.493 e. The first-order valence-corrected chi connectivity index (χ1v) is 11.7. The highest BCUT2D eigenvalue weighted by molar-refractivity contribution is 7.16. The van der Waals surface area contributed by atoms with Crippen LogP contribution in [0.15, 0.2) is 47.5 Å². The fourth-order valence-corrected chi connectivity index (χ4v) is 4.37. The Morgan fingerprint density at radius 3 is 2.53 bits per heavy atom. The van der Waals surface area contributed by atoms with Crippen molar-refractivity contribution in [1.82, 2.24) is 4.57 Å². The minimum absolute atomic E-state index is 0.303. The van der Waals surface area contributed by atoms with Crippen molar-refractivity contribution in [2.24, 2.45) is 4.99 Å². The van der Waals surface area contributed by atoms with Gasteiger partial charge in [0.2, 0.25) is 0 Å². The van der Waals surface area contributed by atoms with Gasteiger partial charge in [-0.1, -0.05) is 17.4 Å². The van der Waals surface area contributed by atoms with E-state index in [-0.39, 0.29) is 5.97 Å². The number of carbonyl (C=O) groups is 2. The van der Waals surface area contributed by atoms with Crippen molar-refractivity contribution in [2.75, 3.05) is 34.0 Å². The molecule has 0 saturated heterocycles. The number of hydrogen-bond donors (Lipinski definition) is 0. The Hall–Kier alpha value is -3.43. The zero-order chi connectivity index (χ0) is 24.5. The van der Waals surface area contributed by atoms with Crippen LogP contribution in [0.4, 0.5) is 0 Å². The SMILES string of the molecule is CCOCCn1c(=NC(=O)/C=C\c2ccc(OC)c(OC)c2)sc2cc(C(=O)OCC)ccc21. The first-order valence-electron chi connectivity index (χ1n) is 10.9. The van der Waals surface area contributed by atoms with Crippen LogP contribution in [0.5, 0.6) is 11.5 Å². The Bertz CT molecular complexity index is 1260. The van der Waals surface area contributed by atoms with E-state index in [9.17, 15) is 9.59 Å². The maximum atomic E-state index is 12.7. The lowest BCUT2D eigenvalue weighted by Gasteiger charge is -2.07. The van der Waals surface area contributed by atoms with Crippen LogP contribution < -0.4 is 14.3 Å². The smallest absolute Gasteiger partial charge is 0.338 e. The molecule has 0 radical (unpaired) electrons. The molecule has 0 fully saturated rings. The van der Waals surface area contributed by atoms with Crippen LogP contribution in [0.1, 0.15) is 29.8 Å². The highest BCUT2D eigenvalue weighted by atomic mass is 32.1. The van der Waals surface area contributed by atoms with Crippen LogP contribution >= 0.6 is 11.3 Å². The van der Waals surface area contributed by atoms with Crippen molar-refractivity contribution >= 4 is 39.5 Å². The van der Waals surface area contributed by atoms with Gasteiger partial charge in [0.1, 0.15) is 0 Å². The summed E-state index contributed by atoms with van der Waals surface area (Å²) in [5.41, 5.74) is 2.10. The van der Waals surface area contributed by atoms with E-state index in [0.717, 1.165) is 15.8 Å². The van der Waals surface area contributed by atoms with Gasteiger partial charge < -0.3 is 23.5 Å². The molecule has 0 aliphatic rings. The molecule has 1 aromatic heterocycles. The number of methoxy groups -OCH3 is 2. The molecule has 8 nitrogen and oxygen atoms in total. The lowest BCUT2D eigenvalue weighted by atomic mass is 10.2. The van der Waals surface area contributed by atoms with Gasteiger partial charge in [0.25, 0.3) is 5.91 Å². The summed E-state index contributed by atoms with van der Waals surface area (Å²) in [4.78, 5) is 29.6. The third kappa shape index (κ3) is 6.12. The van der Waals surface area contributed by atoms with Crippen LogP contribution in [0.25, 0.3) is 16.3 Å². The number of benzene rings is 2. The van der Waals surface area contributed by atoms with Gasteiger partial charge in [-0.15, -0.1) is 0 Å². The average Bonchev–Trinajstić information content (AvgIpc) is 3.18. The number of fused-ring (bicyclic) bond motifs is 1. The predicted molar refractivity (Wildman–Crippen MR) is 131 cm³/mol. The molecule has 3 rings (SSSR count). The number of aromatic nitrogens is 1. The number of esters is 1. The van der Waals surface area contributed by atoms with Crippen LogP contribution in [0.2, 0.25) is 0 Å². The minimum atomic E-state index is -0.405. The fourth-order valence-electron chi connectivity index (χ4n) is 3.27. The molecule has 0 bridgehead atoms. The predicted octanol–water partition coefficient (Wildman–Crippen LogP) is 4.07. The normalized spacial score (nSPS) is 11.8. The summed E-state index contributed by atoms with van der Waals surface area (Å²) < 4.78 is 23.9. The fraction of sp³-hybridized carbons (Fsp3) is 0.320. The van der Waals surface area contributed by atoms with Crippen molar-refractivity contribution in [3.05, 3.63) is 58.4 Å². The van der Waals surface area contributed by atoms with Crippen LogP contribution in [-0.4, -0.2) is 50.5 Å². The van der Waals surface area contributed by atoms with E-state index in [0.29, 0.717) is 48.2 Å². The molecule has 3 aromatic rings. The van der Waals surface area contributed by atoms with Gasteiger partial charge in [-0.05, 0) is 55.8 Å². The first-order chi connectivity index (χ1) is 16.5. The van der Waals surface area contributed by atoms with E-state index in [1.54, 1.807) is 51.5 Å². The number of nitrogens with zero attached hydrogens (tertiary/aromatic N) is 2. The molecule has 1 amide bonds. The summed E-state index contributed by atoms with van der Waals surface area (Å²) in [5.74, 6) is 0.395. The average molecular weight is 485 g/mol. The number of thiazole rings is 1. The first kappa shape index (κ1) is 25.2. The number of ether oxygens (including phenoxy) is 4.